The van der Waals surface area contributed by atoms with E-state index < -0.39 is 24.3 Å². The average molecular weight is 394 g/mol. The Bertz CT molecular complexity index is 807. The van der Waals surface area contributed by atoms with Gasteiger partial charge in [0.25, 0.3) is 5.91 Å². The van der Waals surface area contributed by atoms with E-state index in [1.54, 1.807) is 18.2 Å². The molecule has 0 atom stereocenters. The Kier molecular flexibility index (Phi) is 5.81. The van der Waals surface area contributed by atoms with Gasteiger partial charge in [0.15, 0.2) is 12.4 Å². The number of anilines is 1. The summed E-state index contributed by atoms with van der Waals surface area (Å²) in [6, 6.07) is 9.96. The Balaban J connectivity index is 1.96. The van der Waals surface area contributed by atoms with Crippen LogP contribution < -0.4 is 5.32 Å². The van der Waals surface area contributed by atoms with Gasteiger partial charge in [0, 0.05) is 15.7 Å². The van der Waals surface area contributed by atoms with Crippen LogP contribution in [-0.4, -0.2) is 24.3 Å². The minimum absolute atomic E-state index is 0.0126. The third kappa shape index (κ3) is 4.73. The normalized spacial score (nSPS) is 10.1. The van der Waals surface area contributed by atoms with Gasteiger partial charge in [-0.1, -0.05) is 12.1 Å². The lowest BCUT2D eigenvalue weighted by Gasteiger charge is -2.08. The second-order valence-corrected chi connectivity index (χ2v) is 5.74. The van der Waals surface area contributed by atoms with Crippen molar-refractivity contribution in [1.29, 1.82) is 0 Å². The standard InChI is InChI=1S/C17H13BrFNO4/c1-10(21)11-3-2-4-13(7-11)20-16(22)9-24-17(23)14-8-12(19)5-6-15(14)18/h2-8H,9H2,1H3,(H,20,22). The molecule has 0 radical (unpaired) electrons. The summed E-state index contributed by atoms with van der Waals surface area (Å²) in [6.07, 6.45) is 0. The molecule has 1 amide bonds. The van der Waals surface area contributed by atoms with Crippen LogP contribution in [0.3, 0.4) is 0 Å². The molecular weight excluding hydrogens is 381 g/mol. The van der Waals surface area contributed by atoms with Crippen molar-refractivity contribution in [3.63, 3.8) is 0 Å². The quantitative estimate of drug-likeness (QED) is 0.622. The summed E-state index contributed by atoms with van der Waals surface area (Å²) in [4.78, 5) is 35.0. The smallest absolute Gasteiger partial charge is 0.339 e. The van der Waals surface area contributed by atoms with Gasteiger partial charge in [-0.15, -0.1) is 0 Å². The lowest BCUT2D eigenvalue weighted by molar-refractivity contribution is -0.119. The van der Waals surface area contributed by atoms with Gasteiger partial charge >= 0.3 is 5.97 Å². The molecule has 7 heteroatoms. The molecule has 0 aromatic heterocycles. The molecule has 0 aliphatic rings. The molecule has 24 heavy (non-hydrogen) atoms. The summed E-state index contributed by atoms with van der Waals surface area (Å²) in [6.45, 7) is 0.881. The van der Waals surface area contributed by atoms with E-state index in [0.717, 1.165) is 6.07 Å². The largest absolute Gasteiger partial charge is 0.452 e. The fraction of sp³-hybridized carbons (Fsp3) is 0.118. The molecule has 2 aromatic carbocycles. The van der Waals surface area contributed by atoms with Crippen LogP contribution in [0.1, 0.15) is 27.6 Å². The van der Waals surface area contributed by atoms with Gasteiger partial charge in [0.1, 0.15) is 5.82 Å². The van der Waals surface area contributed by atoms with Crippen molar-refractivity contribution < 1.29 is 23.5 Å². The Morgan fingerprint density at radius 3 is 2.62 bits per heavy atom. The van der Waals surface area contributed by atoms with Crippen LogP contribution in [0.15, 0.2) is 46.9 Å². The molecule has 1 N–H and O–H groups in total. The monoisotopic (exact) mass is 393 g/mol. The van der Waals surface area contributed by atoms with Gasteiger partial charge in [-0.05, 0) is 53.2 Å². The van der Waals surface area contributed by atoms with Crippen molar-refractivity contribution in [3.8, 4) is 0 Å². The molecule has 124 valence electrons. The zero-order valence-electron chi connectivity index (χ0n) is 12.6. The predicted molar refractivity (Wildman–Crippen MR) is 89.5 cm³/mol. The molecular formula is C17H13BrFNO4. The lowest BCUT2D eigenvalue weighted by Crippen LogP contribution is -2.21. The highest BCUT2D eigenvalue weighted by Gasteiger charge is 2.14. The van der Waals surface area contributed by atoms with Crippen molar-refractivity contribution in [2.45, 2.75) is 6.92 Å². The number of benzene rings is 2. The van der Waals surface area contributed by atoms with Gasteiger partial charge < -0.3 is 10.1 Å². The van der Waals surface area contributed by atoms with Crippen molar-refractivity contribution in [3.05, 3.63) is 63.9 Å². The first-order chi connectivity index (χ1) is 11.4. The zero-order chi connectivity index (χ0) is 17.7. The first-order valence-electron chi connectivity index (χ1n) is 6.90. The molecule has 0 bridgehead atoms. The van der Waals surface area contributed by atoms with Gasteiger partial charge in [-0.3, -0.25) is 9.59 Å². The summed E-state index contributed by atoms with van der Waals surface area (Å²) in [5, 5.41) is 2.52. The minimum atomic E-state index is -0.825. The molecule has 2 aromatic rings. The number of ketones is 1. The van der Waals surface area contributed by atoms with Crippen LogP contribution in [0.5, 0.6) is 0 Å². The highest BCUT2D eigenvalue weighted by molar-refractivity contribution is 9.10. The molecule has 0 unspecified atom stereocenters. The number of nitrogens with one attached hydrogen (secondary N) is 1. The number of halogens is 2. The topological polar surface area (TPSA) is 72.5 Å². The minimum Gasteiger partial charge on any atom is -0.452 e. The summed E-state index contributed by atoms with van der Waals surface area (Å²) in [5.41, 5.74) is 0.852. The maximum atomic E-state index is 13.2. The molecule has 2 rings (SSSR count). The zero-order valence-corrected chi connectivity index (χ0v) is 14.2. The maximum Gasteiger partial charge on any atom is 0.339 e. The second-order valence-electron chi connectivity index (χ2n) is 4.89. The SMILES string of the molecule is CC(=O)c1cccc(NC(=O)COC(=O)c2cc(F)ccc2Br)c1. The lowest BCUT2D eigenvalue weighted by atomic mass is 10.1. The molecule has 0 aliphatic carbocycles. The number of carbonyl (C=O) groups is 3. The third-order valence-electron chi connectivity index (χ3n) is 3.04. The number of amides is 1. The first-order valence-corrected chi connectivity index (χ1v) is 7.69. The third-order valence-corrected chi connectivity index (χ3v) is 3.73. The number of hydrogen-bond acceptors (Lipinski definition) is 4. The van der Waals surface area contributed by atoms with Gasteiger partial charge in [-0.2, -0.15) is 0 Å². The van der Waals surface area contributed by atoms with Crippen LogP contribution >= 0.6 is 15.9 Å². The van der Waals surface area contributed by atoms with Gasteiger partial charge in [0.05, 0.1) is 5.56 Å². The highest BCUT2D eigenvalue weighted by Crippen LogP contribution is 2.18. The van der Waals surface area contributed by atoms with Crippen molar-refractivity contribution in [1.82, 2.24) is 0 Å². The van der Waals surface area contributed by atoms with Crippen LogP contribution in [0.2, 0.25) is 0 Å². The van der Waals surface area contributed by atoms with Crippen molar-refractivity contribution in [2.75, 3.05) is 11.9 Å². The maximum absolute atomic E-state index is 13.2. The van der Waals surface area contributed by atoms with E-state index in [1.165, 1.54) is 25.1 Å². The number of ether oxygens (including phenoxy) is 1. The van der Waals surface area contributed by atoms with E-state index in [0.29, 0.717) is 15.7 Å². The van der Waals surface area contributed by atoms with E-state index in [2.05, 4.69) is 21.2 Å². The molecule has 0 aliphatic heterocycles. The Morgan fingerprint density at radius 2 is 1.92 bits per heavy atom. The Labute approximate surface area is 145 Å². The van der Waals surface area contributed by atoms with E-state index >= 15 is 0 Å². The number of rotatable bonds is 5. The highest BCUT2D eigenvalue weighted by atomic mass is 79.9. The average Bonchev–Trinajstić information content (AvgIpc) is 2.55. The van der Waals surface area contributed by atoms with Crippen LogP contribution in [0.25, 0.3) is 0 Å². The fourth-order valence-electron chi connectivity index (χ4n) is 1.88. The van der Waals surface area contributed by atoms with Crippen molar-refractivity contribution >= 4 is 39.3 Å². The van der Waals surface area contributed by atoms with Gasteiger partial charge in [0.2, 0.25) is 0 Å². The molecule has 5 nitrogen and oxygen atoms in total. The number of esters is 1. The molecule has 0 saturated carbocycles. The van der Waals surface area contributed by atoms with E-state index in [-0.39, 0.29) is 11.3 Å². The van der Waals surface area contributed by atoms with E-state index in [1.807, 2.05) is 0 Å². The summed E-state index contributed by atoms with van der Waals surface area (Å²) in [5.74, 6) is -2.12. The fourth-order valence-corrected chi connectivity index (χ4v) is 2.28. The second kappa shape index (κ2) is 7.83. The van der Waals surface area contributed by atoms with Crippen LogP contribution in [0.4, 0.5) is 10.1 Å². The van der Waals surface area contributed by atoms with E-state index in [9.17, 15) is 18.8 Å². The number of hydrogen-bond donors (Lipinski definition) is 1. The Hall–Kier alpha value is -2.54. The molecule has 0 heterocycles. The van der Waals surface area contributed by atoms with Crippen LogP contribution in [0, 0.1) is 5.82 Å². The summed E-state index contributed by atoms with van der Waals surface area (Å²) >= 11 is 3.11. The van der Waals surface area contributed by atoms with Crippen LogP contribution in [-0.2, 0) is 9.53 Å². The number of carbonyl (C=O) groups excluding carboxylic acids is 3. The molecule has 0 fully saturated rings. The predicted octanol–water partition coefficient (Wildman–Crippen LogP) is 3.59. The Morgan fingerprint density at radius 1 is 1.17 bits per heavy atom. The van der Waals surface area contributed by atoms with E-state index in [4.69, 9.17) is 4.74 Å². The van der Waals surface area contributed by atoms with Gasteiger partial charge in [-0.25, -0.2) is 9.18 Å². The summed E-state index contributed by atoms with van der Waals surface area (Å²) in [7, 11) is 0. The molecule has 0 spiro atoms. The first kappa shape index (κ1) is 17.8. The van der Waals surface area contributed by atoms with Crippen molar-refractivity contribution in [2.24, 2.45) is 0 Å². The summed E-state index contributed by atoms with van der Waals surface area (Å²) < 4.78 is 18.4. The molecule has 0 saturated heterocycles. The number of Topliss-reactive ketones (excluding diaryl/α,β-unsaturated/α-hetero) is 1.